The molecule has 0 spiro atoms. The molecule has 1 aromatic carbocycles. The van der Waals surface area contributed by atoms with E-state index in [-0.39, 0.29) is 5.91 Å². The van der Waals surface area contributed by atoms with E-state index in [2.05, 4.69) is 45.2 Å². The van der Waals surface area contributed by atoms with Crippen LogP contribution in [-0.4, -0.2) is 51.2 Å². The van der Waals surface area contributed by atoms with Crippen molar-refractivity contribution in [3.05, 3.63) is 53.3 Å². The molecule has 138 valence electrons. The van der Waals surface area contributed by atoms with Crippen molar-refractivity contribution in [3.63, 3.8) is 0 Å². The fourth-order valence-electron chi connectivity index (χ4n) is 4.48. The van der Waals surface area contributed by atoms with Crippen LogP contribution in [0.4, 0.5) is 0 Å². The van der Waals surface area contributed by atoms with E-state index in [0.717, 1.165) is 44.1 Å². The minimum atomic E-state index is 0.144. The fourth-order valence-corrected chi connectivity index (χ4v) is 4.48. The van der Waals surface area contributed by atoms with Gasteiger partial charge in [-0.05, 0) is 44.2 Å². The second-order valence-electron chi connectivity index (χ2n) is 7.71. The zero-order valence-electron chi connectivity index (χ0n) is 15.8. The summed E-state index contributed by atoms with van der Waals surface area (Å²) in [6.45, 7) is 8.50. The van der Waals surface area contributed by atoms with Crippen LogP contribution in [-0.2, 0) is 13.1 Å². The Morgan fingerprint density at radius 1 is 1.15 bits per heavy atom. The Bertz CT molecular complexity index is 770. The first-order chi connectivity index (χ1) is 12.6. The summed E-state index contributed by atoms with van der Waals surface area (Å²) in [5.41, 5.74) is 3.01. The summed E-state index contributed by atoms with van der Waals surface area (Å²) >= 11 is 0. The summed E-state index contributed by atoms with van der Waals surface area (Å²) < 4.78 is 1.84. The van der Waals surface area contributed by atoms with Gasteiger partial charge in [0.25, 0.3) is 5.91 Å². The molecule has 5 heteroatoms. The number of carbonyl (C=O) groups excluding carboxylic acids is 1. The van der Waals surface area contributed by atoms with Gasteiger partial charge in [-0.15, -0.1) is 0 Å². The molecular weight excluding hydrogens is 324 g/mol. The monoisotopic (exact) mass is 352 g/mol. The van der Waals surface area contributed by atoms with Crippen molar-refractivity contribution in [1.82, 2.24) is 19.6 Å². The zero-order valence-corrected chi connectivity index (χ0v) is 15.8. The van der Waals surface area contributed by atoms with Crippen LogP contribution in [0.5, 0.6) is 0 Å². The van der Waals surface area contributed by atoms with Crippen LogP contribution in [0.15, 0.2) is 36.4 Å². The molecule has 0 saturated carbocycles. The molecule has 3 fully saturated rings. The lowest BCUT2D eigenvalue weighted by Crippen LogP contribution is -2.44. The number of aryl methyl sites for hydroxylation is 2. The standard InChI is InChI=1S/C21H28N4O/c1-3-25-20(11-16(2)22-25)21(26)24-14-18-9-10-19(15-24)23(13-18)12-17-7-5-4-6-8-17/h4-8,11,18-19H,3,9-10,12-15H2,1-2H3/t18-,19-/m0/s1. The van der Waals surface area contributed by atoms with E-state index in [1.165, 1.54) is 18.4 Å². The van der Waals surface area contributed by atoms with Crippen LogP contribution in [0.2, 0.25) is 0 Å². The average Bonchev–Trinajstić information content (AvgIpc) is 2.81. The van der Waals surface area contributed by atoms with Gasteiger partial charge in [-0.25, -0.2) is 0 Å². The first-order valence-electron chi connectivity index (χ1n) is 9.75. The predicted octanol–water partition coefficient (Wildman–Crippen LogP) is 2.95. The van der Waals surface area contributed by atoms with Crippen LogP contribution in [0.3, 0.4) is 0 Å². The van der Waals surface area contributed by atoms with Crippen LogP contribution in [0.25, 0.3) is 0 Å². The predicted molar refractivity (Wildman–Crippen MR) is 102 cm³/mol. The first-order valence-corrected chi connectivity index (χ1v) is 9.75. The van der Waals surface area contributed by atoms with Crippen molar-refractivity contribution in [2.24, 2.45) is 5.92 Å². The third-order valence-corrected chi connectivity index (χ3v) is 5.76. The Labute approximate surface area is 155 Å². The summed E-state index contributed by atoms with van der Waals surface area (Å²) in [4.78, 5) is 17.8. The maximum absolute atomic E-state index is 13.2. The van der Waals surface area contributed by atoms with Crippen molar-refractivity contribution in [2.75, 3.05) is 19.6 Å². The Morgan fingerprint density at radius 3 is 2.73 bits per heavy atom. The molecule has 3 aliphatic heterocycles. The highest BCUT2D eigenvalue weighted by Crippen LogP contribution is 2.30. The molecule has 2 atom stereocenters. The van der Waals surface area contributed by atoms with E-state index in [1.54, 1.807) is 0 Å². The summed E-state index contributed by atoms with van der Waals surface area (Å²) in [6.07, 6.45) is 2.42. The highest BCUT2D eigenvalue weighted by atomic mass is 16.2. The molecule has 5 nitrogen and oxygen atoms in total. The van der Waals surface area contributed by atoms with Gasteiger partial charge in [0.1, 0.15) is 5.69 Å². The summed E-state index contributed by atoms with van der Waals surface area (Å²) in [7, 11) is 0. The number of nitrogens with zero attached hydrogens (tertiary/aromatic N) is 4. The number of piperidine rings is 1. The maximum Gasteiger partial charge on any atom is 0.272 e. The van der Waals surface area contributed by atoms with E-state index < -0.39 is 0 Å². The quantitative estimate of drug-likeness (QED) is 0.849. The van der Waals surface area contributed by atoms with E-state index in [4.69, 9.17) is 0 Å². The van der Waals surface area contributed by atoms with E-state index in [1.807, 2.05) is 24.6 Å². The number of hydrogen-bond donors (Lipinski definition) is 0. The number of carbonyl (C=O) groups is 1. The van der Waals surface area contributed by atoms with Gasteiger partial charge in [0.05, 0.1) is 5.69 Å². The second-order valence-corrected chi connectivity index (χ2v) is 7.71. The number of aromatic nitrogens is 2. The number of rotatable bonds is 4. The van der Waals surface area contributed by atoms with Gasteiger partial charge in [-0.2, -0.15) is 5.10 Å². The van der Waals surface area contributed by atoms with Gasteiger partial charge < -0.3 is 4.90 Å². The molecule has 3 aliphatic rings. The summed E-state index contributed by atoms with van der Waals surface area (Å²) in [5.74, 6) is 0.714. The number of hydrogen-bond acceptors (Lipinski definition) is 3. The lowest BCUT2D eigenvalue weighted by Gasteiger charge is -2.36. The molecule has 26 heavy (non-hydrogen) atoms. The minimum Gasteiger partial charge on any atom is -0.335 e. The van der Waals surface area contributed by atoms with Gasteiger partial charge in [0.2, 0.25) is 0 Å². The highest BCUT2D eigenvalue weighted by Gasteiger charge is 2.37. The maximum atomic E-state index is 13.2. The largest absolute Gasteiger partial charge is 0.335 e. The lowest BCUT2D eigenvalue weighted by atomic mass is 9.94. The van der Waals surface area contributed by atoms with Gasteiger partial charge in [-0.1, -0.05) is 30.3 Å². The topological polar surface area (TPSA) is 41.4 Å². The van der Waals surface area contributed by atoms with Gasteiger partial charge in [0, 0.05) is 38.8 Å². The molecular formula is C21H28N4O. The van der Waals surface area contributed by atoms with Gasteiger partial charge in [-0.3, -0.25) is 14.4 Å². The number of benzene rings is 1. The van der Waals surface area contributed by atoms with Crippen LogP contribution < -0.4 is 0 Å². The SMILES string of the molecule is CCn1nc(C)cc1C(=O)N1C[C@H]2CC[C@@H](C1)N(Cc1ccccc1)C2. The molecule has 4 heterocycles. The van der Waals surface area contributed by atoms with Crippen molar-refractivity contribution >= 4 is 5.91 Å². The van der Waals surface area contributed by atoms with Crippen LogP contribution in [0.1, 0.15) is 41.5 Å². The Kier molecular flexibility index (Phi) is 4.81. The molecule has 1 aromatic heterocycles. The van der Waals surface area contributed by atoms with Crippen LogP contribution >= 0.6 is 0 Å². The van der Waals surface area contributed by atoms with E-state index >= 15 is 0 Å². The van der Waals surface area contributed by atoms with Gasteiger partial charge >= 0.3 is 0 Å². The van der Waals surface area contributed by atoms with Crippen molar-refractivity contribution in [3.8, 4) is 0 Å². The Morgan fingerprint density at radius 2 is 1.96 bits per heavy atom. The normalized spacial score (nSPS) is 23.2. The average molecular weight is 352 g/mol. The minimum absolute atomic E-state index is 0.144. The number of fused-ring (bicyclic) bond motifs is 4. The van der Waals surface area contributed by atoms with Crippen LogP contribution in [0, 0.1) is 12.8 Å². The lowest BCUT2D eigenvalue weighted by molar-refractivity contribution is 0.0723. The Hall–Kier alpha value is -2.14. The molecule has 0 unspecified atom stereocenters. The fraction of sp³-hybridized carbons (Fsp3) is 0.524. The molecule has 1 amide bonds. The van der Waals surface area contributed by atoms with Crippen molar-refractivity contribution in [2.45, 2.75) is 45.8 Å². The molecule has 0 aliphatic carbocycles. The molecule has 2 aromatic rings. The zero-order chi connectivity index (χ0) is 18.1. The third kappa shape index (κ3) is 3.40. The summed E-state index contributed by atoms with van der Waals surface area (Å²) in [5, 5.41) is 4.45. The summed E-state index contributed by atoms with van der Waals surface area (Å²) in [6, 6.07) is 13.1. The third-order valence-electron chi connectivity index (χ3n) is 5.76. The Balaban J connectivity index is 1.51. The second kappa shape index (κ2) is 7.23. The molecule has 0 radical (unpaired) electrons. The van der Waals surface area contributed by atoms with Crippen molar-refractivity contribution < 1.29 is 4.79 Å². The molecule has 3 saturated heterocycles. The molecule has 5 rings (SSSR count). The smallest absolute Gasteiger partial charge is 0.272 e. The molecule has 0 N–H and O–H groups in total. The van der Waals surface area contributed by atoms with E-state index in [0.29, 0.717) is 12.0 Å². The van der Waals surface area contributed by atoms with Crippen molar-refractivity contribution in [1.29, 1.82) is 0 Å². The molecule has 2 bridgehead atoms. The first kappa shape index (κ1) is 17.3. The van der Waals surface area contributed by atoms with E-state index in [9.17, 15) is 4.79 Å². The highest BCUT2D eigenvalue weighted by molar-refractivity contribution is 5.92. The van der Waals surface area contributed by atoms with Gasteiger partial charge in [0.15, 0.2) is 0 Å². The number of amides is 1.